The quantitative estimate of drug-likeness (QED) is 0.141. The molecule has 1 heterocycles. The van der Waals surface area contributed by atoms with Gasteiger partial charge in [-0.05, 0) is 47.6 Å². The molecule has 0 aliphatic heterocycles. The molecule has 11 nitrogen and oxygen atoms in total. The lowest BCUT2D eigenvalue weighted by Gasteiger charge is -2.26. The van der Waals surface area contributed by atoms with E-state index >= 15 is 0 Å². The Morgan fingerprint density at radius 3 is 2.02 bits per heavy atom. The van der Waals surface area contributed by atoms with Gasteiger partial charge in [0.1, 0.15) is 23.9 Å². The number of phenolic OH excluding ortho intramolecular Hbond substituents is 1. The first-order chi connectivity index (χ1) is 20.4. The van der Waals surface area contributed by atoms with Crippen LogP contribution in [0.4, 0.5) is 0 Å². The van der Waals surface area contributed by atoms with Gasteiger partial charge in [0, 0.05) is 29.9 Å². The SMILES string of the molecule is CCC(C)C(N)C(=O)NC(Cc1ccc(O)cc1)C(=O)NC(Cc1c[nH]c2ccccc12)C(=O)NC(CC(C)C)C(=O)O. The number of benzene rings is 2. The molecule has 11 heteroatoms. The van der Waals surface area contributed by atoms with Gasteiger partial charge in [0.25, 0.3) is 0 Å². The third-order valence-corrected chi connectivity index (χ3v) is 7.62. The van der Waals surface area contributed by atoms with Crippen molar-refractivity contribution < 1.29 is 29.4 Å². The van der Waals surface area contributed by atoms with E-state index in [0.717, 1.165) is 16.5 Å². The van der Waals surface area contributed by atoms with Crippen LogP contribution in [0.2, 0.25) is 0 Å². The fraction of sp³-hybridized carbons (Fsp3) is 0.438. The van der Waals surface area contributed by atoms with Crippen molar-refractivity contribution in [1.29, 1.82) is 0 Å². The number of carboxylic acid groups (broad SMARTS) is 1. The first-order valence-electron chi connectivity index (χ1n) is 14.6. The number of aromatic nitrogens is 1. The maximum atomic E-state index is 13.8. The fourth-order valence-electron chi connectivity index (χ4n) is 4.82. The zero-order valence-electron chi connectivity index (χ0n) is 25.1. The number of phenols is 1. The predicted octanol–water partition coefficient (Wildman–Crippen LogP) is 2.62. The number of nitrogens with two attached hydrogens (primary N) is 1. The molecule has 0 saturated heterocycles. The second-order valence-corrected chi connectivity index (χ2v) is 11.5. The van der Waals surface area contributed by atoms with Gasteiger partial charge in [0.15, 0.2) is 0 Å². The van der Waals surface area contributed by atoms with Crippen LogP contribution in [0, 0.1) is 11.8 Å². The second kappa shape index (κ2) is 15.2. The van der Waals surface area contributed by atoms with Crippen molar-refractivity contribution in [3.8, 4) is 5.75 Å². The number of aromatic amines is 1. The molecule has 0 aliphatic carbocycles. The van der Waals surface area contributed by atoms with Crippen molar-refractivity contribution in [1.82, 2.24) is 20.9 Å². The molecule has 0 fully saturated rings. The van der Waals surface area contributed by atoms with Gasteiger partial charge >= 0.3 is 5.97 Å². The Balaban J connectivity index is 1.92. The number of carbonyl (C=O) groups is 4. The summed E-state index contributed by atoms with van der Waals surface area (Å²) in [6.07, 6.45) is 2.76. The van der Waals surface area contributed by atoms with E-state index in [0.29, 0.717) is 12.0 Å². The average Bonchev–Trinajstić information content (AvgIpc) is 3.38. The van der Waals surface area contributed by atoms with Crippen LogP contribution in [0.15, 0.2) is 54.7 Å². The summed E-state index contributed by atoms with van der Waals surface area (Å²) in [6, 6.07) is 9.49. The van der Waals surface area contributed by atoms with E-state index in [4.69, 9.17) is 5.73 Å². The minimum atomic E-state index is -1.17. The summed E-state index contributed by atoms with van der Waals surface area (Å²) in [6.45, 7) is 7.47. The maximum Gasteiger partial charge on any atom is 0.326 e. The molecule has 0 aliphatic rings. The third-order valence-electron chi connectivity index (χ3n) is 7.62. The molecule has 0 radical (unpaired) electrons. The van der Waals surface area contributed by atoms with Crippen molar-refractivity contribution in [2.24, 2.45) is 17.6 Å². The molecule has 1 aromatic heterocycles. The Bertz CT molecular complexity index is 1400. The van der Waals surface area contributed by atoms with E-state index in [1.165, 1.54) is 12.1 Å². The summed E-state index contributed by atoms with van der Waals surface area (Å²) in [7, 11) is 0. The molecule has 0 bridgehead atoms. The average molecular weight is 594 g/mol. The van der Waals surface area contributed by atoms with E-state index in [1.54, 1.807) is 18.3 Å². The molecule has 5 unspecified atom stereocenters. The van der Waals surface area contributed by atoms with Gasteiger partial charge in [-0.25, -0.2) is 4.79 Å². The number of fused-ring (bicyclic) bond motifs is 1. The highest BCUT2D eigenvalue weighted by Gasteiger charge is 2.32. The molecule has 5 atom stereocenters. The van der Waals surface area contributed by atoms with Crippen LogP contribution in [0.5, 0.6) is 5.75 Å². The number of para-hydroxylation sites is 1. The van der Waals surface area contributed by atoms with E-state index in [-0.39, 0.29) is 36.8 Å². The van der Waals surface area contributed by atoms with Crippen molar-refractivity contribution in [3.05, 3.63) is 65.9 Å². The minimum absolute atomic E-state index is 0.00248. The number of carbonyl (C=O) groups excluding carboxylic acids is 3. The summed E-state index contributed by atoms with van der Waals surface area (Å²) >= 11 is 0. The number of hydrogen-bond acceptors (Lipinski definition) is 6. The van der Waals surface area contributed by atoms with E-state index < -0.39 is 47.9 Å². The number of amides is 3. The van der Waals surface area contributed by atoms with Gasteiger partial charge < -0.3 is 36.9 Å². The van der Waals surface area contributed by atoms with Crippen LogP contribution in [0.25, 0.3) is 10.9 Å². The van der Waals surface area contributed by atoms with E-state index in [9.17, 15) is 29.4 Å². The van der Waals surface area contributed by atoms with Crippen LogP contribution < -0.4 is 21.7 Å². The van der Waals surface area contributed by atoms with Crippen LogP contribution in [0.3, 0.4) is 0 Å². The number of H-pyrrole nitrogens is 1. The summed E-state index contributed by atoms with van der Waals surface area (Å²) in [5, 5.41) is 28.4. The van der Waals surface area contributed by atoms with Gasteiger partial charge in [-0.15, -0.1) is 0 Å². The number of aliphatic carboxylic acids is 1. The van der Waals surface area contributed by atoms with Crippen LogP contribution in [-0.2, 0) is 32.0 Å². The number of carboxylic acids is 1. The zero-order chi connectivity index (χ0) is 31.7. The normalized spacial score (nSPS) is 14.8. The Labute approximate surface area is 251 Å². The monoisotopic (exact) mass is 593 g/mol. The molecule has 3 rings (SSSR count). The molecule has 0 saturated carbocycles. The number of hydrogen-bond donors (Lipinski definition) is 7. The minimum Gasteiger partial charge on any atom is -0.508 e. The molecule has 232 valence electrons. The van der Waals surface area contributed by atoms with Crippen molar-refractivity contribution in [2.75, 3.05) is 0 Å². The van der Waals surface area contributed by atoms with Crippen LogP contribution in [-0.4, -0.2) is 63.1 Å². The summed E-state index contributed by atoms with van der Waals surface area (Å²) < 4.78 is 0. The van der Waals surface area contributed by atoms with E-state index in [2.05, 4.69) is 20.9 Å². The summed E-state index contributed by atoms with van der Waals surface area (Å²) in [5.41, 5.74) is 8.42. The first-order valence-corrected chi connectivity index (χ1v) is 14.6. The molecule has 0 spiro atoms. The second-order valence-electron chi connectivity index (χ2n) is 11.5. The summed E-state index contributed by atoms with van der Waals surface area (Å²) in [4.78, 5) is 55.5. The number of rotatable bonds is 15. The highest BCUT2D eigenvalue weighted by atomic mass is 16.4. The number of aromatic hydroxyl groups is 1. The first kappa shape index (κ1) is 33.1. The van der Waals surface area contributed by atoms with Crippen molar-refractivity contribution in [2.45, 2.75) is 77.5 Å². The predicted molar refractivity (Wildman–Crippen MR) is 164 cm³/mol. The van der Waals surface area contributed by atoms with Gasteiger partial charge in [-0.3, -0.25) is 14.4 Å². The van der Waals surface area contributed by atoms with Gasteiger partial charge in [-0.1, -0.05) is 64.4 Å². The Morgan fingerprint density at radius 1 is 0.837 bits per heavy atom. The molecular formula is C32H43N5O6. The Morgan fingerprint density at radius 2 is 1.42 bits per heavy atom. The fourth-order valence-corrected chi connectivity index (χ4v) is 4.82. The molecule has 3 amide bonds. The summed E-state index contributed by atoms with van der Waals surface area (Å²) in [5.74, 6) is -3.04. The van der Waals surface area contributed by atoms with Crippen molar-refractivity contribution in [3.63, 3.8) is 0 Å². The van der Waals surface area contributed by atoms with Crippen LogP contribution in [0.1, 0.15) is 51.7 Å². The Kier molecular flexibility index (Phi) is 11.7. The largest absolute Gasteiger partial charge is 0.508 e. The zero-order valence-corrected chi connectivity index (χ0v) is 25.1. The molecule has 3 aromatic rings. The van der Waals surface area contributed by atoms with Gasteiger partial charge in [0.2, 0.25) is 17.7 Å². The maximum absolute atomic E-state index is 13.8. The molecule has 8 N–H and O–H groups in total. The third kappa shape index (κ3) is 9.31. The van der Waals surface area contributed by atoms with Gasteiger partial charge in [0.05, 0.1) is 6.04 Å². The molecule has 2 aromatic carbocycles. The lowest BCUT2D eigenvalue weighted by molar-refractivity contribution is -0.142. The highest BCUT2D eigenvalue weighted by molar-refractivity contribution is 5.95. The van der Waals surface area contributed by atoms with Crippen molar-refractivity contribution >= 4 is 34.6 Å². The standard InChI is InChI=1S/C32H43N5O6/c1-5-19(4)28(33)31(41)36-25(15-20-10-12-22(38)13-11-20)29(39)35-26(30(40)37-27(32(42)43)14-18(2)3)16-21-17-34-24-9-7-6-8-23(21)24/h6-13,17-19,25-28,34,38H,5,14-16,33H2,1-4H3,(H,35,39)(H,36,41)(H,37,40)(H,42,43). The molecule has 43 heavy (non-hydrogen) atoms. The molecular weight excluding hydrogens is 550 g/mol. The van der Waals surface area contributed by atoms with E-state index in [1.807, 2.05) is 52.0 Å². The highest BCUT2D eigenvalue weighted by Crippen LogP contribution is 2.20. The Hall–Kier alpha value is -4.38. The lowest BCUT2D eigenvalue weighted by Crippen LogP contribution is -2.58. The van der Waals surface area contributed by atoms with Gasteiger partial charge in [-0.2, -0.15) is 0 Å². The smallest absolute Gasteiger partial charge is 0.326 e. The van der Waals surface area contributed by atoms with Crippen LogP contribution >= 0.6 is 0 Å². The number of nitrogens with one attached hydrogen (secondary N) is 4. The topological polar surface area (TPSA) is 187 Å². The lowest BCUT2D eigenvalue weighted by atomic mass is 9.97.